The summed E-state index contributed by atoms with van der Waals surface area (Å²) in [6, 6.07) is 0. The molecule has 2 rings (SSSR count). The Hall–Kier alpha value is -0.350. The Balaban J connectivity index is 2.33. The van der Waals surface area contributed by atoms with E-state index in [1.54, 1.807) is 0 Å². The highest BCUT2D eigenvalue weighted by molar-refractivity contribution is 9.10. The molecule has 0 radical (unpaired) electrons. The largest absolute Gasteiger partial charge is 0.311 e. The highest BCUT2D eigenvalue weighted by atomic mass is 79.9. The molecule has 0 amide bonds. The first-order valence-electron chi connectivity index (χ1n) is 7.53. The van der Waals surface area contributed by atoms with Gasteiger partial charge < -0.3 is 5.32 Å². The predicted molar refractivity (Wildman–Crippen MR) is 83.5 cm³/mol. The lowest BCUT2D eigenvalue weighted by Crippen LogP contribution is -2.47. The van der Waals surface area contributed by atoms with Crippen LogP contribution in [0, 0.1) is 5.92 Å². The van der Waals surface area contributed by atoms with E-state index in [1.807, 2.05) is 0 Å². The third-order valence-electron chi connectivity index (χ3n) is 4.56. The quantitative estimate of drug-likeness (QED) is 0.896. The van der Waals surface area contributed by atoms with Crippen LogP contribution < -0.4 is 5.32 Å². The van der Waals surface area contributed by atoms with E-state index in [1.165, 1.54) is 28.7 Å². The summed E-state index contributed by atoms with van der Waals surface area (Å²) in [5.41, 5.74) is 2.80. The topological polar surface area (TPSA) is 29.9 Å². The van der Waals surface area contributed by atoms with E-state index in [4.69, 9.17) is 5.10 Å². The lowest BCUT2D eigenvalue weighted by atomic mass is 9.81. The fraction of sp³-hybridized carbons (Fsp3) is 0.800. The summed E-state index contributed by atoms with van der Waals surface area (Å²) in [7, 11) is 0. The van der Waals surface area contributed by atoms with Crippen molar-refractivity contribution in [2.75, 3.05) is 6.54 Å². The van der Waals surface area contributed by atoms with Gasteiger partial charge in [-0.2, -0.15) is 5.10 Å². The molecule has 1 fully saturated rings. The molecule has 4 heteroatoms. The molecule has 1 aliphatic rings. The average Bonchev–Trinajstić information content (AvgIpc) is 2.97. The van der Waals surface area contributed by atoms with Crippen molar-refractivity contribution >= 4 is 15.9 Å². The molecule has 0 aliphatic carbocycles. The van der Waals surface area contributed by atoms with E-state index in [2.05, 4.69) is 53.6 Å². The highest BCUT2D eigenvalue weighted by Gasteiger charge is 2.38. The van der Waals surface area contributed by atoms with Crippen LogP contribution in [0.1, 0.15) is 51.9 Å². The van der Waals surface area contributed by atoms with Crippen LogP contribution in [0.2, 0.25) is 0 Å². The molecule has 0 saturated carbocycles. The molecule has 19 heavy (non-hydrogen) atoms. The van der Waals surface area contributed by atoms with Crippen molar-refractivity contribution in [2.45, 2.75) is 65.5 Å². The number of nitrogens with one attached hydrogen (secondary N) is 1. The second-order valence-corrected chi connectivity index (χ2v) is 6.69. The van der Waals surface area contributed by atoms with E-state index < -0.39 is 0 Å². The van der Waals surface area contributed by atoms with Crippen LogP contribution in [0.5, 0.6) is 0 Å². The molecule has 108 valence electrons. The molecule has 1 aromatic rings. The SMILES string of the molecule is CCc1nn(CC)c(CC2(C(C)C)CCCN2)c1Br. The van der Waals surface area contributed by atoms with E-state index in [0.29, 0.717) is 5.92 Å². The van der Waals surface area contributed by atoms with Crippen LogP contribution in [0.4, 0.5) is 0 Å². The van der Waals surface area contributed by atoms with Crippen LogP contribution in [0.25, 0.3) is 0 Å². The van der Waals surface area contributed by atoms with Crippen molar-refractivity contribution in [3.8, 4) is 0 Å². The predicted octanol–water partition coefficient (Wildman–Crippen LogP) is 3.55. The van der Waals surface area contributed by atoms with Crippen LogP contribution in [0.15, 0.2) is 4.47 Å². The molecule has 0 bridgehead atoms. The first-order valence-corrected chi connectivity index (χ1v) is 8.32. The van der Waals surface area contributed by atoms with E-state index >= 15 is 0 Å². The molecule has 1 N–H and O–H groups in total. The highest BCUT2D eigenvalue weighted by Crippen LogP contribution is 2.34. The first-order chi connectivity index (χ1) is 9.04. The molecule has 0 spiro atoms. The number of aromatic nitrogens is 2. The van der Waals surface area contributed by atoms with Gasteiger partial charge in [0.05, 0.1) is 15.9 Å². The molecule has 1 atom stereocenters. The molecule has 1 unspecified atom stereocenters. The van der Waals surface area contributed by atoms with Crippen LogP contribution >= 0.6 is 15.9 Å². The fourth-order valence-corrected chi connectivity index (χ4v) is 3.87. The molecule has 3 nitrogen and oxygen atoms in total. The Morgan fingerprint density at radius 2 is 2.16 bits per heavy atom. The number of rotatable bonds is 5. The molecule has 0 aromatic carbocycles. The second-order valence-electron chi connectivity index (χ2n) is 5.89. The number of nitrogens with zero attached hydrogens (tertiary/aromatic N) is 2. The number of aryl methyl sites for hydroxylation is 2. The zero-order valence-corrected chi connectivity index (χ0v) is 14.2. The van der Waals surface area contributed by atoms with Crippen molar-refractivity contribution < 1.29 is 0 Å². The number of hydrogen-bond donors (Lipinski definition) is 1. The summed E-state index contributed by atoms with van der Waals surface area (Å²) in [6.45, 7) is 11.1. The molecule has 1 aromatic heterocycles. The zero-order chi connectivity index (χ0) is 14.0. The average molecular weight is 328 g/mol. The minimum absolute atomic E-state index is 0.250. The minimum Gasteiger partial charge on any atom is -0.311 e. The van der Waals surface area contributed by atoms with Gasteiger partial charge in [-0.25, -0.2) is 0 Å². The van der Waals surface area contributed by atoms with Gasteiger partial charge in [-0.3, -0.25) is 4.68 Å². The van der Waals surface area contributed by atoms with Gasteiger partial charge in [0, 0.05) is 18.5 Å². The van der Waals surface area contributed by atoms with Crippen molar-refractivity contribution in [3.05, 3.63) is 15.9 Å². The summed E-state index contributed by atoms with van der Waals surface area (Å²) in [5, 5.41) is 8.48. The Labute approximate surface area is 125 Å². The summed E-state index contributed by atoms with van der Waals surface area (Å²) in [4.78, 5) is 0. The van der Waals surface area contributed by atoms with Gasteiger partial charge in [-0.1, -0.05) is 20.8 Å². The fourth-order valence-electron chi connectivity index (χ4n) is 3.16. The summed E-state index contributed by atoms with van der Waals surface area (Å²) in [6.07, 6.45) is 4.62. The monoisotopic (exact) mass is 327 g/mol. The zero-order valence-electron chi connectivity index (χ0n) is 12.6. The Morgan fingerprint density at radius 1 is 1.42 bits per heavy atom. The molecule has 1 aliphatic heterocycles. The van der Waals surface area contributed by atoms with E-state index in [9.17, 15) is 0 Å². The van der Waals surface area contributed by atoms with Gasteiger partial charge in [0.25, 0.3) is 0 Å². The van der Waals surface area contributed by atoms with Crippen LogP contribution in [-0.2, 0) is 19.4 Å². The van der Waals surface area contributed by atoms with Crippen molar-refractivity contribution in [2.24, 2.45) is 5.92 Å². The van der Waals surface area contributed by atoms with E-state index in [0.717, 1.165) is 25.9 Å². The van der Waals surface area contributed by atoms with Gasteiger partial charge in [-0.05, 0) is 54.6 Å². The van der Waals surface area contributed by atoms with Crippen LogP contribution in [0.3, 0.4) is 0 Å². The summed E-state index contributed by atoms with van der Waals surface area (Å²) >= 11 is 3.77. The summed E-state index contributed by atoms with van der Waals surface area (Å²) in [5.74, 6) is 0.646. The van der Waals surface area contributed by atoms with Crippen molar-refractivity contribution in [1.82, 2.24) is 15.1 Å². The summed E-state index contributed by atoms with van der Waals surface area (Å²) < 4.78 is 3.40. The van der Waals surface area contributed by atoms with Gasteiger partial charge in [0.15, 0.2) is 0 Å². The standard InChI is InChI=1S/C15H26BrN3/c1-5-12-14(16)13(19(6-2)18-12)10-15(11(3)4)8-7-9-17-15/h11,17H,5-10H2,1-4H3. The third-order valence-corrected chi connectivity index (χ3v) is 5.47. The van der Waals surface area contributed by atoms with Gasteiger partial charge >= 0.3 is 0 Å². The number of hydrogen-bond acceptors (Lipinski definition) is 2. The minimum atomic E-state index is 0.250. The normalized spacial score (nSPS) is 23.5. The maximum absolute atomic E-state index is 4.72. The Bertz CT molecular complexity index is 431. The van der Waals surface area contributed by atoms with E-state index in [-0.39, 0.29) is 5.54 Å². The smallest absolute Gasteiger partial charge is 0.0766 e. The third kappa shape index (κ3) is 2.75. The molecule has 1 saturated heterocycles. The van der Waals surface area contributed by atoms with Gasteiger partial charge in [0.1, 0.15) is 0 Å². The first kappa shape index (κ1) is 15.0. The van der Waals surface area contributed by atoms with Crippen molar-refractivity contribution in [1.29, 1.82) is 0 Å². The van der Waals surface area contributed by atoms with Gasteiger partial charge in [-0.15, -0.1) is 0 Å². The molecular formula is C15H26BrN3. The second kappa shape index (κ2) is 5.96. The molecular weight excluding hydrogens is 302 g/mol. The Kier molecular flexibility index (Phi) is 4.72. The lowest BCUT2D eigenvalue weighted by Gasteiger charge is -2.34. The maximum atomic E-state index is 4.72. The number of halogens is 1. The van der Waals surface area contributed by atoms with Gasteiger partial charge in [0.2, 0.25) is 0 Å². The Morgan fingerprint density at radius 3 is 2.63 bits per heavy atom. The lowest BCUT2D eigenvalue weighted by molar-refractivity contribution is 0.263. The maximum Gasteiger partial charge on any atom is 0.0766 e. The van der Waals surface area contributed by atoms with Crippen molar-refractivity contribution in [3.63, 3.8) is 0 Å². The van der Waals surface area contributed by atoms with Crippen LogP contribution in [-0.4, -0.2) is 21.9 Å². The molecule has 2 heterocycles.